The van der Waals surface area contributed by atoms with E-state index >= 15 is 0 Å². The lowest BCUT2D eigenvalue weighted by Crippen LogP contribution is -2.42. The van der Waals surface area contributed by atoms with E-state index in [0.29, 0.717) is 5.92 Å². The molecule has 1 unspecified atom stereocenters. The van der Waals surface area contributed by atoms with Crippen LogP contribution in [0.2, 0.25) is 0 Å². The third kappa shape index (κ3) is 3.58. The molecule has 0 N–H and O–H groups in total. The summed E-state index contributed by atoms with van der Waals surface area (Å²) in [4.78, 5) is 27.2. The fraction of sp³-hybridized carbons (Fsp3) is 0.458. The Hall–Kier alpha value is -2.47. The minimum absolute atomic E-state index is 0.0464. The molecule has 0 aromatic carbocycles. The van der Waals surface area contributed by atoms with Gasteiger partial charge in [0.2, 0.25) is 0 Å². The van der Waals surface area contributed by atoms with E-state index in [1.807, 2.05) is 11.6 Å². The van der Waals surface area contributed by atoms with Crippen molar-refractivity contribution in [1.82, 2.24) is 13.8 Å². The molecule has 0 saturated heterocycles. The van der Waals surface area contributed by atoms with Crippen molar-refractivity contribution in [2.24, 2.45) is 11.3 Å². The maximum atomic E-state index is 12.9. The van der Waals surface area contributed by atoms with E-state index in [-0.39, 0.29) is 28.2 Å². The summed E-state index contributed by atoms with van der Waals surface area (Å²) < 4.78 is 6.47. The van der Waals surface area contributed by atoms with E-state index in [0.717, 1.165) is 47.5 Å². The van der Waals surface area contributed by atoms with Gasteiger partial charge in [-0.25, -0.2) is 4.37 Å². The summed E-state index contributed by atoms with van der Waals surface area (Å²) in [5, 5.41) is 2.05. The van der Waals surface area contributed by atoms with Gasteiger partial charge in [0.15, 0.2) is 11.2 Å². The fourth-order valence-electron chi connectivity index (χ4n) is 4.34. The van der Waals surface area contributed by atoms with E-state index in [4.69, 9.17) is 0 Å². The number of carbonyl (C=O) groups excluding carboxylic acids is 1. The van der Waals surface area contributed by atoms with Crippen LogP contribution < -0.4 is 5.43 Å². The van der Waals surface area contributed by atoms with Crippen molar-refractivity contribution in [2.75, 3.05) is 13.6 Å². The van der Waals surface area contributed by atoms with Crippen LogP contribution in [0.4, 0.5) is 0 Å². The van der Waals surface area contributed by atoms with Gasteiger partial charge >= 0.3 is 0 Å². The molecule has 1 aliphatic heterocycles. The third-order valence-electron chi connectivity index (χ3n) is 6.21. The summed E-state index contributed by atoms with van der Waals surface area (Å²) >= 11 is 1.42. The Morgan fingerprint density at radius 1 is 1.30 bits per heavy atom. The van der Waals surface area contributed by atoms with Crippen LogP contribution in [0.3, 0.4) is 0 Å². The van der Waals surface area contributed by atoms with Crippen molar-refractivity contribution in [3.63, 3.8) is 0 Å². The minimum Gasteiger partial charge on any atom is -0.370 e. The summed E-state index contributed by atoms with van der Waals surface area (Å²) in [5.74, 6) is 0.287. The standard InChI is InChI=1S/C24H29N3O2S/c1-14(16-7-8-16)22(17-10-25-30-13-17)23-19-9-20(29)18(15(2)28)11-27(19)21(12-26(23)6)24(3,4)5/h9-11,13,16,21H,1,7-8,12H2,2-6H3/b23-22+. The lowest BCUT2D eigenvalue weighted by molar-refractivity contribution is 0.101. The van der Waals surface area contributed by atoms with Gasteiger partial charge in [0.25, 0.3) is 0 Å². The molecule has 2 aromatic rings. The summed E-state index contributed by atoms with van der Waals surface area (Å²) in [6.45, 7) is 13.3. The maximum Gasteiger partial charge on any atom is 0.193 e. The first kappa shape index (κ1) is 20.8. The number of likely N-dealkylation sites (N-methyl/N-ethyl adjacent to an activating group) is 1. The van der Waals surface area contributed by atoms with Crippen LogP contribution >= 0.6 is 11.5 Å². The van der Waals surface area contributed by atoms with Gasteiger partial charge in [0, 0.05) is 48.6 Å². The zero-order valence-corrected chi connectivity index (χ0v) is 19.2. The summed E-state index contributed by atoms with van der Waals surface area (Å²) in [6.07, 6.45) is 5.96. The number of hydrogen-bond donors (Lipinski definition) is 0. The Morgan fingerprint density at radius 2 is 2.00 bits per heavy atom. The average molecular weight is 424 g/mol. The molecule has 0 bridgehead atoms. The second-order valence-corrected chi connectivity index (χ2v) is 10.3. The molecule has 1 atom stereocenters. The van der Waals surface area contributed by atoms with Gasteiger partial charge in [-0.3, -0.25) is 9.59 Å². The number of fused-ring (bicyclic) bond motifs is 1. The number of rotatable bonds is 4. The number of nitrogens with zero attached hydrogens (tertiary/aromatic N) is 3. The number of hydrogen-bond acceptors (Lipinski definition) is 5. The summed E-state index contributed by atoms with van der Waals surface area (Å²) in [6, 6.07) is 1.76. The number of aromatic nitrogens is 2. The largest absolute Gasteiger partial charge is 0.370 e. The Morgan fingerprint density at radius 3 is 2.53 bits per heavy atom. The predicted octanol–water partition coefficient (Wildman–Crippen LogP) is 4.87. The molecule has 2 aliphatic rings. The van der Waals surface area contributed by atoms with Gasteiger partial charge in [0.05, 0.1) is 23.0 Å². The molecule has 0 radical (unpaired) electrons. The molecule has 3 heterocycles. The van der Waals surface area contributed by atoms with E-state index in [9.17, 15) is 9.59 Å². The molecule has 4 rings (SSSR count). The fourth-order valence-corrected chi connectivity index (χ4v) is 4.87. The van der Waals surface area contributed by atoms with Gasteiger partial charge in [-0.1, -0.05) is 27.4 Å². The highest BCUT2D eigenvalue weighted by molar-refractivity contribution is 7.03. The van der Waals surface area contributed by atoms with Crippen LogP contribution in [0.1, 0.15) is 68.2 Å². The first-order valence-electron chi connectivity index (χ1n) is 10.4. The Kier molecular flexibility index (Phi) is 5.09. The molecule has 5 nitrogen and oxygen atoms in total. The molecule has 1 saturated carbocycles. The van der Waals surface area contributed by atoms with Crippen LogP contribution in [0, 0.1) is 11.3 Å². The van der Waals surface area contributed by atoms with Gasteiger partial charge in [-0.2, -0.15) is 0 Å². The van der Waals surface area contributed by atoms with Crippen molar-refractivity contribution >= 4 is 28.6 Å². The van der Waals surface area contributed by atoms with Crippen molar-refractivity contribution in [3.05, 3.63) is 63.0 Å². The predicted molar refractivity (Wildman–Crippen MR) is 123 cm³/mol. The number of pyridine rings is 1. The van der Waals surface area contributed by atoms with Gasteiger partial charge in [-0.15, -0.1) is 0 Å². The average Bonchev–Trinajstić information content (AvgIpc) is 3.37. The molecule has 1 fully saturated rings. The molecular weight excluding hydrogens is 394 g/mol. The molecular formula is C24H29N3O2S. The molecule has 1 aliphatic carbocycles. The number of allylic oxidation sites excluding steroid dienone is 2. The molecule has 30 heavy (non-hydrogen) atoms. The highest BCUT2D eigenvalue weighted by Crippen LogP contribution is 2.48. The Bertz CT molecular complexity index is 1100. The number of Topliss-reactive ketones (excluding diaryl/α,β-unsaturated/α-hetero) is 1. The van der Waals surface area contributed by atoms with Gasteiger partial charge < -0.3 is 9.47 Å². The van der Waals surface area contributed by atoms with Gasteiger partial charge in [0.1, 0.15) is 0 Å². The zero-order valence-electron chi connectivity index (χ0n) is 18.4. The number of ketones is 1. The second-order valence-electron chi connectivity index (χ2n) is 9.60. The molecule has 2 aromatic heterocycles. The van der Waals surface area contributed by atoms with Crippen molar-refractivity contribution in [1.29, 1.82) is 0 Å². The maximum absolute atomic E-state index is 12.9. The van der Waals surface area contributed by atoms with Crippen molar-refractivity contribution < 1.29 is 4.79 Å². The Balaban J connectivity index is 2.05. The van der Waals surface area contributed by atoms with E-state index in [1.54, 1.807) is 12.3 Å². The zero-order chi connectivity index (χ0) is 21.8. The SMILES string of the molecule is C=C(/C(=C1/c2cc(=O)c(C(C)=O)cn2C(C(C)(C)C)CN1C)c1cnsc1)C1CC1. The van der Waals surface area contributed by atoms with Crippen LogP contribution in [0.5, 0.6) is 0 Å². The Labute approximate surface area is 181 Å². The van der Waals surface area contributed by atoms with E-state index < -0.39 is 0 Å². The van der Waals surface area contributed by atoms with E-state index in [2.05, 4.69) is 48.2 Å². The monoisotopic (exact) mass is 423 g/mol. The summed E-state index contributed by atoms with van der Waals surface area (Å²) in [7, 11) is 2.08. The van der Waals surface area contributed by atoms with Crippen LogP contribution in [0.15, 0.2) is 40.8 Å². The smallest absolute Gasteiger partial charge is 0.193 e. The van der Waals surface area contributed by atoms with Crippen LogP contribution in [-0.4, -0.2) is 33.2 Å². The van der Waals surface area contributed by atoms with E-state index in [1.165, 1.54) is 18.5 Å². The normalized spacial score (nSPS) is 20.7. The quantitative estimate of drug-likeness (QED) is 0.658. The molecule has 0 amide bonds. The molecule has 158 valence electrons. The highest BCUT2D eigenvalue weighted by Gasteiger charge is 2.38. The highest BCUT2D eigenvalue weighted by atomic mass is 32.1. The molecule has 0 spiro atoms. The molecule has 6 heteroatoms. The first-order valence-corrected chi connectivity index (χ1v) is 11.2. The van der Waals surface area contributed by atoms with Crippen molar-refractivity contribution in [2.45, 2.75) is 46.6 Å². The lowest BCUT2D eigenvalue weighted by Gasteiger charge is -2.44. The van der Waals surface area contributed by atoms with Crippen LogP contribution in [0.25, 0.3) is 11.3 Å². The van der Waals surface area contributed by atoms with Crippen LogP contribution in [-0.2, 0) is 0 Å². The topological polar surface area (TPSA) is 55.2 Å². The summed E-state index contributed by atoms with van der Waals surface area (Å²) in [5.41, 5.74) is 5.05. The number of carbonyl (C=O) groups is 1. The van der Waals surface area contributed by atoms with Crippen molar-refractivity contribution in [3.8, 4) is 0 Å². The lowest BCUT2D eigenvalue weighted by atomic mass is 9.83. The first-order chi connectivity index (χ1) is 14.1. The second kappa shape index (κ2) is 7.34. The minimum atomic E-state index is -0.228. The third-order valence-corrected chi connectivity index (χ3v) is 6.80. The van der Waals surface area contributed by atoms with Gasteiger partial charge in [-0.05, 0) is 48.2 Å².